The molecule has 0 atom stereocenters. The maximum atomic E-state index is 14.4. The van der Waals surface area contributed by atoms with Crippen molar-refractivity contribution in [2.75, 3.05) is 11.9 Å². The Morgan fingerprint density at radius 2 is 2.00 bits per heavy atom. The first-order chi connectivity index (χ1) is 15.9. The Morgan fingerprint density at radius 1 is 1.15 bits per heavy atom. The van der Waals surface area contributed by atoms with Crippen molar-refractivity contribution < 1.29 is 17.6 Å². The number of nitrogens with one attached hydrogen (secondary N) is 2. The van der Waals surface area contributed by atoms with Gasteiger partial charge in [0.15, 0.2) is 5.82 Å². The van der Waals surface area contributed by atoms with E-state index in [0.717, 1.165) is 38.1 Å². The summed E-state index contributed by atoms with van der Waals surface area (Å²) in [6.07, 6.45) is 4.06. The summed E-state index contributed by atoms with van der Waals surface area (Å²) in [6, 6.07) is 10.8. The number of benzene rings is 2. The van der Waals surface area contributed by atoms with Crippen LogP contribution in [0.2, 0.25) is 0 Å². The summed E-state index contributed by atoms with van der Waals surface area (Å²) in [5.74, 6) is 0.456. The van der Waals surface area contributed by atoms with Crippen molar-refractivity contribution in [2.45, 2.75) is 37.1 Å². The predicted molar refractivity (Wildman–Crippen MR) is 120 cm³/mol. The second-order valence-electron chi connectivity index (χ2n) is 7.91. The van der Waals surface area contributed by atoms with Crippen LogP contribution in [-0.4, -0.2) is 41.5 Å². The minimum absolute atomic E-state index is 0.00363. The van der Waals surface area contributed by atoms with Crippen LogP contribution in [0.15, 0.2) is 52.4 Å². The zero-order valence-electron chi connectivity index (χ0n) is 17.6. The Bertz CT molecular complexity index is 1380. The number of halogens is 1. The van der Waals surface area contributed by atoms with E-state index >= 15 is 0 Å². The monoisotopic (exact) mass is 468 g/mol. The number of aliphatic imine (C=N–C) groups is 1. The lowest BCUT2D eigenvalue weighted by Crippen LogP contribution is -2.24. The summed E-state index contributed by atoms with van der Waals surface area (Å²) in [5.41, 5.74) is 1.04. The van der Waals surface area contributed by atoms with E-state index in [1.165, 1.54) is 18.2 Å². The van der Waals surface area contributed by atoms with Crippen molar-refractivity contribution >= 4 is 27.5 Å². The number of carbonyl (C=O) groups excluding carboxylic acids is 1. The summed E-state index contributed by atoms with van der Waals surface area (Å²) in [6.45, 7) is 0.418. The predicted octanol–water partition coefficient (Wildman–Crippen LogP) is 2.49. The van der Waals surface area contributed by atoms with Gasteiger partial charge in [0.25, 0.3) is 10.0 Å². The number of carbonyl (C=O) groups is 1. The molecule has 11 heteroatoms. The minimum atomic E-state index is -3.70. The van der Waals surface area contributed by atoms with E-state index in [1.54, 1.807) is 24.3 Å². The van der Waals surface area contributed by atoms with Crippen LogP contribution in [0.4, 0.5) is 10.1 Å². The van der Waals surface area contributed by atoms with E-state index in [-0.39, 0.29) is 23.0 Å². The molecule has 2 aliphatic heterocycles. The molecule has 2 aromatic carbocycles. The number of amides is 1. The summed E-state index contributed by atoms with van der Waals surface area (Å²) in [7, 11) is -3.70. The normalized spacial score (nSPS) is 17.7. The third-order valence-corrected chi connectivity index (χ3v) is 7.05. The molecular weight excluding hydrogens is 447 g/mol. The highest BCUT2D eigenvalue weighted by molar-refractivity contribution is 7.90. The Hall–Kier alpha value is -3.60. The molecule has 5 rings (SSSR count). The van der Waals surface area contributed by atoms with E-state index in [4.69, 9.17) is 0 Å². The molecule has 1 amide bonds. The van der Waals surface area contributed by atoms with Gasteiger partial charge in [0.05, 0.1) is 10.6 Å². The first-order valence-corrected chi connectivity index (χ1v) is 12.1. The highest BCUT2D eigenvalue weighted by Crippen LogP contribution is 2.27. The Morgan fingerprint density at radius 3 is 2.88 bits per heavy atom. The molecule has 0 radical (unpaired) electrons. The van der Waals surface area contributed by atoms with Crippen molar-refractivity contribution in [3.63, 3.8) is 0 Å². The van der Waals surface area contributed by atoms with Gasteiger partial charge < -0.3 is 9.88 Å². The van der Waals surface area contributed by atoms with Gasteiger partial charge in [-0.05, 0) is 43.2 Å². The molecule has 33 heavy (non-hydrogen) atoms. The van der Waals surface area contributed by atoms with Crippen LogP contribution in [0.3, 0.4) is 0 Å². The van der Waals surface area contributed by atoms with Gasteiger partial charge in [0.1, 0.15) is 24.0 Å². The summed E-state index contributed by atoms with van der Waals surface area (Å²) < 4.78 is 43.1. The Labute approximate surface area is 189 Å². The van der Waals surface area contributed by atoms with Gasteiger partial charge >= 0.3 is 0 Å². The molecule has 0 unspecified atom stereocenters. The van der Waals surface area contributed by atoms with Crippen molar-refractivity contribution in [3.8, 4) is 11.4 Å². The third kappa shape index (κ3) is 4.11. The lowest BCUT2D eigenvalue weighted by Gasteiger charge is -2.10. The second-order valence-corrected chi connectivity index (χ2v) is 9.56. The third-order valence-electron chi connectivity index (χ3n) is 5.65. The van der Waals surface area contributed by atoms with E-state index in [1.807, 2.05) is 4.57 Å². The maximum absolute atomic E-state index is 14.4. The van der Waals surface area contributed by atoms with Crippen LogP contribution in [-0.2, 0) is 27.8 Å². The number of hydrogen-bond acceptors (Lipinski definition) is 6. The van der Waals surface area contributed by atoms with E-state index in [9.17, 15) is 17.6 Å². The topological polar surface area (TPSA) is 118 Å². The van der Waals surface area contributed by atoms with Gasteiger partial charge in [-0.15, -0.1) is 10.2 Å². The molecule has 0 spiro atoms. The fraction of sp³-hybridized carbons (Fsp3) is 0.273. The number of sulfonamides is 1. The number of hydrogen-bond donors (Lipinski definition) is 2. The van der Waals surface area contributed by atoms with E-state index in [0.29, 0.717) is 17.0 Å². The zero-order chi connectivity index (χ0) is 23.0. The minimum Gasteiger partial charge on any atom is -0.322 e. The largest absolute Gasteiger partial charge is 0.322 e. The Kier molecular flexibility index (Phi) is 5.41. The van der Waals surface area contributed by atoms with Crippen LogP contribution in [0, 0.1) is 5.82 Å². The summed E-state index contributed by atoms with van der Waals surface area (Å²) in [4.78, 5) is 16.7. The van der Waals surface area contributed by atoms with Gasteiger partial charge in [-0.3, -0.25) is 14.5 Å². The summed E-state index contributed by atoms with van der Waals surface area (Å²) in [5, 5.41) is 11.1. The first kappa shape index (κ1) is 21.3. The van der Waals surface area contributed by atoms with Crippen LogP contribution in [0.1, 0.15) is 30.7 Å². The van der Waals surface area contributed by atoms with Crippen molar-refractivity contribution in [3.05, 3.63) is 59.7 Å². The molecule has 170 valence electrons. The van der Waals surface area contributed by atoms with Gasteiger partial charge in [0.2, 0.25) is 5.91 Å². The fourth-order valence-electron chi connectivity index (χ4n) is 4.05. The quantitative estimate of drug-likeness (QED) is 0.610. The van der Waals surface area contributed by atoms with Crippen molar-refractivity contribution in [1.29, 1.82) is 0 Å². The van der Waals surface area contributed by atoms with Gasteiger partial charge in [0, 0.05) is 24.1 Å². The van der Waals surface area contributed by atoms with Crippen molar-refractivity contribution in [2.24, 2.45) is 4.99 Å². The molecule has 3 heterocycles. The number of fused-ring (bicyclic) bond motifs is 2. The highest BCUT2D eigenvalue weighted by Gasteiger charge is 2.30. The molecule has 2 N–H and O–H groups in total. The Balaban J connectivity index is 1.35. The molecule has 0 bridgehead atoms. The van der Waals surface area contributed by atoms with E-state index in [2.05, 4.69) is 25.2 Å². The van der Waals surface area contributed by atoms with Gasteiger partial charge in [-0.1, -0.05) is 18.6 Å². The van der Waals surface area contributed by atoms with E-state index < -0.39 is 21.7 Å². The lowest BCUT2D eigenvalue weighted by molar-refractivity contribution is -0.114. The maximum Gasteiger partial charge on any atom is 0.263 e. The number of aromatic nitrogens is 3. The summed E-state index contributed by atoms with van der Waals surface area (Å²) >= 11 is 0. The standard InChI is InChI=1S/C22H21FN6O3S/c23-16-10-9-14(22-27-26-19-8-2-1-5-11-29(19)22)12-17(16)25-20(30)13-24-21-15-6-3-4-7-18(15)33(31,32)28-21/h3-4,6-7,9-10,12H,1-2,5,8,11,13H2,(H,24,28)(H,25,30). The highest BCUT2D eigenvalue weighted by atomic mass is 32.2. The lowest BCUT2D eigenvalue weighted by atomic mass is 10.1. The first-order valence-electron chi connectivity index (χ1n) is 10.6. The average molecular weight is 469 g/mol. The molecule has 9 nitrogen and oxygen atoms in total. The molecule has 2 aliphatic rings. The number of anilines is 1. The van der Waals surface area contributed by atoms with Crippen LogP contribution < -0.4 is 10.0 Å². The number of amidine groups is 1. The number of aryl methyl sites for hydroxylation is 1. The average Bonchev–Trinajstić information content (AvgIpc) is 3.21. The SMILES string of the molecule is O=C(CN=C1NS(=O)(=O)c2ccccc21)Nc1cc(-c2nnc3n2CCCCC3)ccc1F. The molecule has 3 aromatic rings. The van der Waals surface area contributed by atoms with Crippen LogP contribution >= 0.6 is 0 Å². The molecule has 0 saturated heterocycles. The van der Waals surface area contributed by atoms with Gasteiger partial charge in [-0.2, -0.15) is 0 Å². The fourth-order valence-corrected chi connectivity index (χ4v) is 5.30. The van der Waals surface area contributed by atoms with Crippen LogP contribution in [0.25, 0.3) is 11.4 Å². The number of rotatable bonds is 4. The molecule has 0 fully saturated rings. The smallest absolute Gasteiger partial charge is 0.263 e. The number of nitrogens with zero attached hydrogens (tertiary/aromatic N) is 4. The van der Waals surface area contributed by atoms with Crippen molar-refractivity contribution in [1.82, 2.24) is 19.5 Å². The molecule has 0 saturated carbocycles. The molecule has 0 aliphatic carbocycles. The van der Waals surface area contributed by atoms with Crippen LogP contribution in [0.5, 0.6) is 0 Å². The molecular formula is C22H21FN6O3S. The molecule has 1 aromatic heterocycles. The zero-order valence-corrected chi connectivity index (χ0v) is 18.4. The van der Waals surface area contributed by atoms with Gasteiger partial charge in [-0.25, -0.2) is 12.8 Å². The second kappa shape index (κ2) is 8.39.